The van der Waals surface area contributed by atoms with E-state index in [4.69, 9.17) is 9.84 Å². The summed E-state index contributed by atoms with van der Waals surface area (Å²) in [5.74, 6) is 6.54. The molecule has 0 spiro atoms. The quantitative estimate of drug-likeness (QED) is 0.845. The van der Waals surface area contributed by atoms with Gasteiger partial charge < -0.3 is 9.84 Å². The number of hydrogen-bond acceptors (Lipinski definition) is 2. The number of aliphatic hydroxyl groups is 1. The van der Waals surface area contributed by atoms with Crippen molar-refractivity contribution in [1.29, 1.82) is 0 Å². The van der Waals surface area contributed by atoms with E-state index in [9.17, 15) is 4.39 Å². The molecule has 0 unspecified atom stereocenters. The molecule has 1 fully saturated rings. The van der Waals surface area contributed by atoms with Crippen LogP contribution in [-0.2, 0) is 0 Å². The molecular formula is C16H19FO2. The summed E-state index contributed by atoms with van der Waals surface area (Å²) in [5.41, 5.74) is 0.688. The third kappa shape index (κ3) is 4.25. The van der Waals surface area contributed by atoms with Gasteiger partial charge in [0.15, 0.2) is 0 Å². The fourth-order valence-electron chi connectivity index (χ4n) is 2.32. The molecule has 1 aromatic rings. The molecule has 1 N–H and O–H groups in total. The number of rotatable bonds is 4. The van der Waals surface area contributed by atoms with Crippen molar-refractivity contribution in [2.24, 2.45) is 5.92 Å². The Morgan fingerprint density at radius 1 is 1.32 bits per heavy atom. The minimum absolute atomic E-state index is 0.0342. The number of hydrogen-bond donors (Lipinski definition) is 1. The third-order valence-corrected chi connectivity index (χ3v) is 3.35. The van der Waals surface area contributed by atoms with E-state index in [2.05, 4.69) is 11.8 Å². The molecule has 2 nitrogen and oxygen atoms in total. The molecule has 0 aromatic heterocycles. The molecule has 1 saturated carbocycles. The zero-order valence-electron chi connectivity index (χ0n) is 11.0. The first-order valence-corrected chi connectivity index (χ1v) is 6.81. The van der Waals surface area contributed by atoms with E-state index in [0.717, 1.165) is 0 Å². The van der Waals surface area contributed by atoms with Crippen molar-refractivity contribution in [3.8, 4) is 17.6 Å². The molecule has 0 heterocycles. The van der Waals surface area contributed by atoms with E-state index in [1.807, 2.05) is 0 Å². The summed E-state index contributed by atoms with van der Waals surface area (Å²) >= 11 is 0. The number of halogens is 1. The lowest BCUT2D eigenvalue weighted by molar-refractivity contribution is 0.250. The summed E-state index contributed by atoms with van der Waals surface area (Å²) in [4.78, 5) is 0. The second-order valence-corrected chi connectivity index (χ2v) is 4.88. The SMILES string of the molecule is OCCC#Cc1ccc(F)cc1OCC1CCCC1. The molecule has 1 aliphatic carbocycles. The highest BCUT2D eigenvalue weighted by molar-refractivity contribution is 5.46. The van der Waals surface area contributed by atoms with Gasteiger partial charge in [-0.1, -0.05) is 24.7 Å². The molecule has 0 saturated heterocycles. The summed E-state index contributed by atoms with van der Waals surface area (Å²) in [6.07, 6.45) is 5.34. The van der Waals surface area contributed by atoms with E-state index < -0.39 is 0 Å². The Morgan fingerprint density at radius 2 is 2.11 bits per heavy atom. The first-order valence-electron chi connectivity index (χ1n) is 6.81. The maximum Gasteiger partial charge on any atom is 0.137 e. The zero-order valence-corrected chi connectivity index (χ0v) is 11.0. The molecule has 0 atom stereocenters. The topological polar surface area (TPSA) is 29.5 Å². The Hall–Kier alpha value is -1.53. The molecule has 0 aliphatic heterocycles. The summed E-state index contributed by atoms with van der Waals surface area (Å²) in [7, 11) is 0. The predicted molar refractivity (Wildman–Crippen MR) is 72.4 cm³/mol. The van der Waals surface area contributed by atoms with Crippen LogP contribution < -0.4 is 4.74 Å². The molecule has 0 amide bonds. The summed E-state index contributed by atoms with van der Waals surface area (Å²) < 4.78 is 19.0. The molecular weight excluding hydrogens is 243 g/mol. The van der Waals surface area contributed by atoms with Crippen molar-refractivity contribution in [1.82, 2.24) is 0 Å². The van der Waals surface area contributed by atoms with Crippen LogP contribution in [0.15, 0.2) is 18.2 Å². The molecule has 1 aromatic carbocycles. The van der Waals surface area contributed by atoms with Gasteiger partial charge in [-0.3, -0.25) is 0 Å². The lowest BCUT2D eigenvalue weighted by Gasteiger charge is -2.12. The van der Waals surface area contributed by atoms with Gasteiger partial charge in [0.25, 0.3) is 0 Å². The number of benzene rings is 1. The largest absolute Gasteiger partial charge is 0.492 e. The van der Waals surface area contributed by atoms with E-state index in [1.54, 1.807) is 6.07 Å². The minimum Gasteiger partial charge on any atom is -0.492 e. The highest BCUT2D eigenvalue weighted by Gasteiger charge is 2.16. The van der Waals surface area contributed by atoms with Gasteiger partial charge in [0.1, 0.15) is 11.6 Å². The lowest BCUT2D eigenvalue weighted by Crippen LogP contribution is -2.09. The normalized spacial score (nSPS) is 15.1. The average molecular weight is 262 g/mol. The summed E-state index contributed by atoms with van der Waals surface area (Å²) in [6, 6.07) is 4.40. The molecule has 0 radical (unpaired) electrons. The van der Waals surface area contributed by atoms with Gasteiger partial charge in [-0.2, -0.15) is 0 Å². The molecule has 102 valence electrons. The van der Waals surface area contributed by atoms with Gasteiger partial charge in [0.2, 0.25) is 0 Å². The smallest absolute Gasteiger partial charge is 0.137 e. The highest BCUT2D eigenvalue weighted by Crippen LogP contribution is 2.27. The van der Waals surface area contributed by atoms with Crippen LogP contribution in [0.5, 0.6) is 5.75 Å². The Morgan fingerprint density at radius 3 is 2.84 bits per heavy atom. The van der Waals surface area contributed by atoms with Crippen LogP contribution in [-0.4, -0.2) is 18.3 Å². The van der Waals surface area contributed by atoms with Crippen molar-refractivity contribution >= 4 is 0 Å². The second kappa shape index (κ2) is 7.16. The van der Waals surface area contributed by atoms with Crippen molar-refractivity contribution in [2.45, 2.75) is 32.1 Å². The summed E-state index contributed by atoms with van der Waals surface area (Å²) in [5, 5.41) is 8.71. The van der Waals surface area contributed by atoms with E-state index >= 15 is 0 Å². The van der Waals surface area contributed by atoms with Crippen molar-refractivity contribution in [2.75, 3.05) is 13.2 Å². The van der Waals surface area contributed by atoms with Crippen LogP contribution in [0.25, 0.3) is 0 Å². The van der Waals surface area contributed by atoms with Crippen LogP contribution >= 0.6 is 0 Å². The average Bonchev–Trinajstić information content (AvgIpc) is 2.92. The van der Waals surface area contributed by atoms with Crippen LogP contribution in [0.2, 0.25) is 0 Å². The van der Waals surface area contributed by atoms with Crippen molar-refractivity contribution in [3.05, 3.63) is 29.6 Å². The van der Waals surface area contributed by atoms with Gasteiger partial charge in [-0.25, -0.2) is 4.39 Å². The van der Waals surface area contributed by atoms with Gasteiger partial charge in [0, 0.05) is 12.5 Å². The predicted octanol–water partition coefficient (Wildman–Crippen LogP) is 3.13. The van der Waals surface area contributed by atoms with Gasteiger partial charge in [-0.15, -0.1) is 0 Å². The summed E-state index contributed by atoms with van der Waals surface area (Å²) in [6.45, 7) is 0.671. The molecule has 3 heteroatoms. The Labute approximate surface area is 113 Å². The molecule has 19 heavy (non-hydrogen) atoms. The monoisotopic (exact) mass is 262 g/mol. The maximum absolute atomic E-state index is 13.3. The third-order valence-electron chi connectivity index (χ3n) is 3.35. The first kappa shape index (κ1) is 13.9. The van der Waals surface area contributed by atoms with Gasteiger partial charge in [-0.05, 0) is 30.9 Å². The van der Waals surface area contributed by atoms with E-state index in [1.165, 1.54) is 37.8 Å². The van der Waals surface area contributed by atoms with Crippen LogP contribution in [0.3, 0.4) is 0 Å². The number of aliphatic hydroxyl groups excluding tert-OH is 1. The van der Waals surface area contributed by atoms with Crippen LogP contribution in [0.1, 0.15) is 37.7 Å². The molecule has 0 bridgehead atoms. The van der Waals surface area contributed by atoms with Gasteiger partial charge >= 0.3 is 0 Å². The number of ether oxygens (including phenoxy) is 1. The standard InChI is InChI=1S/C16H19FO2/c17-15-9-8-14(7-3-4-10-18)16(11-15)19-12-13-5-1-2-6-13/h8-9,11,13,18H,1-2,4-6,10,12H2. The van der Waals surface area contributed by atoms with E-state index in [-0.39, 0.29) is 12.4 Å². The fourth-order valence-corrected chi connectivity index (χ4v) is 2.32. The maximum atomic E-state index is 13.3. The highest BCUT2D eigenvalue weighted by atomic mass is 19.1. The first-order chi connectivity index (χ1) is 9.29. The molecule has 2 rings (SSSR count). The van der Waals surface area contributed by atoms with Gasteiger partial charge in [0.05, 0.1) is 18.8 Å². The Balaban J connectivity index is 2.04. The van der Waals surface area contributed by atoms with Crippen LogP contribution in [0, 0.1) is 23.6 Å². The zero-order chi connectivity index (χ0) is 13.5. The second-order valence-electron chi connectivity index (χ2n) is 4.88. The van der Waals surface area contributed by atoms with E-state index in [0.29, 0.717) is 30.3 Å². The molecule has 1 aliphatic rings. The fraction of sp³-hybridized carbons (Fsp3) is 0.500. The Kier molecular flexibility index (Phi) is 5.23. The van der Waals surface area contributed by atoms with Crippen molar-refractivity contribution in [3.63, 3.8) is 0 Å². The van der Waals surface area contributed by atoms with Crippen LogP contribution in [0.4, 0.5) is 4.39 Å². The minimum atomic E-state index is -0.311. The lowest BCUT2D eigenvalue weighted by atomic mass is 10.1. The van der Waals surface area contributed by atoms with Crippen molar-refractivity contribution < 1.29 is 14.2 Å². The Bertz CT molecular complexity index is 467.